The number of amides is 1. The van der Waals surface area contributed by atoms with Gasteiger partial charge in [-0.05, 0) is 25.1 Å². The molecule has 1 atom stereocenters. The Morgan fingerprint density at radius 3 is 2.42 bits per heavy atom. The normalized spacial score (nSPS) is 14.8. The first kappa shape index (κ1) is 23.6. The van der Waals surface area contributed by atoms with E-state index in [0.717, 1.165) is 22.3 Å². The van der Waals surface area contributed by atoms with E-state index in [1.165, 1.54) is 14.2 Å². The molecule has 0 bridgehead atoms. The summed E-state index contributed by atoms with van der Waals surface area (Å²) in [6.07, 6.45) is 0. The summed E-state index contributed by atoms with van der Waals surface area (Å²) in [6, 6.07) is 18.1. The lowest BCUT2D eigenvalue weighted by atomic mass is 9.94. The van der Waals surface area contributed by atoms with Crippen molar-refractivity contribution in [2.24, 2.45) is 0 Å². The van der Waals surface area contributed by atoms with E-state index in [0.29, 0.717) is 39.5 Å². The zero-order valence-corrected chi connectivity index (χ0v) is 21.0. The first-order valence-electron chi connectivity index (χ1n) is 11.3. The van der Waals surface area contributed by atoms with Gasteiger partial charge >= 0.3 is 0 Å². The van der Waals surface area contributed by atoms with Crippen LogP contribution in [0.25, 0.3) is 16.7 Å². The number of carbonyl (C=O) groups excluding carboxylic acids is 1. The molecular weight excluding hydrogens is 480 g/mol. The summed E-state index contributed by atoms with van der Waals surface area (Å²) < 4.78 is 18.4. The van der Waals surface area contributed by atoms with Crippen LogP contribution in [0.3, 0.4) is 0 Å². The second-order valence-corrected chi connectivity index (χ2v) is 8.63. The highest BCUT2D eigenvalue weighted by atomic mass is 35.5. The number of nitrogens with zero attached hydrogens (tertiary/aromatic N) is 2. The van der Waals surface area contributed by atoms with Crippen LogP contribution >= 0.6 is 11.6 Å². The number of aromatic nitrogens is 2. The van der Waals surface area contributed by atoms with Gasteiger partial charge in [-0.3, -0.25) is 9.36 Å². The summed E-state index contributed by atoms with van der Waals surface area (Å²) in [6.45, 7) is 1.91. The van der Waals surface area contributed by atoms with Crippen molar-refractivity contribution in [1.82, 2.24) is 9.55 Å². The van der Waals surface area contributed by atoms with Crippen LogP contribution in [0.15, 0.2) is 66.2 Å². The van der Waals surface area contributed by atoms with E-state index in [9.17, 15) is 4.79 Å². The number of rotatable bonds is 6. The van der Waals surface area contributed by atoms with Gasteiger partial charge in [0.05, 0.1) is 54.7 Å². The van der Waals surface area contributed by atoms with Crippen LogP contribution in [-0.2, 0) is 4.79 Å². The van der Waals surface area contributed by atoms with E-state index >= 15 is 0 Å². The molecule has 3 aromatic carbocycles. The number of halogens is 1. The smallest absolute Gasteiger partial charge is 0.255 e. The number of ether oxygens (including phenoxy) is 3. The highest BCUT2D eigenvalue weighted by Crippen LogP contribution is 2.42. The van der Waals surface area contributed by atoms with Gasteiger partial charge in [0.1, 0.15) is 17.2 Å². The molecule has 9 heteroatoms. The number of fused-ring (bicyclic) bond motifs is 3. The van der Waals surface area contributed by atoms with E-state index in [1.807, 2.05) is 60.0 Å². The van der Waals surface area contributed by atoms with Crippen molar-refractivity contribution in [3.63, 3.8) is 0 Å². The van der Waals surface area contributed by atoms with E-state index in [2.05, 4.69) is 10.6 Å². The van der Waals surface area contributed by atoms with Crippen molar-refractivity contribution in [3.05, 3.63) is 76.8 Å². The van der Waals surface area contributed by atoms with E-state index in [1.54, 1.807) is 19.2 Å². The summed E-state index contributed by atoms with van der Waals surface area (Å²) in [5.74, 6) is 1.82. The van der Waals surface area contributed by atoms with Gasteiger partial charge in [0.15, 0.2) is 0 Å². The van der Waals surface area contributed by atoms with Gasteiger partial charge in [0.2, 0.25) is 5.95 Å². The van der Waals surface area contributed by atoms with Gasteiger partial charge in [0.25, 0.3) is 5.91 Å². The molecule has 1 aliphatic heterocycles. The lowest BCUT2D eigenvalue weighted by molar-refractivity contribution is -0.113. The molecule has 4 aromatic rings. The second kappa shape index (κ2) is 9.47. The molecule has 0 radical (unpaired) electrons. The molecule has 36 heavy (non-hydrogen) atoms. The van der Waals surface area contributed by atoms with Crippen molar-refractivity contribution in [1.29, 1.82) is 0 Å². The highest BCUT2D eigenvalue weighted by molar-refractivity contribution is 6.32. The maximum absolute atomic E-state index is 14.0. The van der Waals surface area contributed by atoms with Crippen molar-refractivity contribution in [2.45, 2.75) is 13.0 Å². The van der Waals surface area contributed by atoms with Gasteiger partial charge in [-0.1, -0.05) is 41.9 Å². The monoisotopic (exact) mass is 504 g/mol. The van der Waals surface area contributed by atoms with Crippen LogP contribution in [0, 0.1) is 0 Å². The van der Waals surface area contributed by atoms with Crippen molar-refractivity contribution in [3.8, 4) is 17.2 Å². The minimum Gasteiger partial charge on any atom is -0.496 e. The molecule has 0 saturated heterocycles. The van der Waals surface area contributed by atoms with Crippen LogP contribution < -0.4 is 24.8 Å². The van der Waals surface area contributed by atoms with Gasteiger partial charge in [-0.25, -0.2) is 4.98 Å². The average molecular weight is 505 g/mol. The van der Waals surface area contributed by atoms with E-state index in [-0.39, 0.29) is 5.91 Å². The lowest BCUT2D eigenvalue weighted by Crippen LogP contribution is -2.30. The Morgan fingerprint density at radius 1 is 0.972 bits per heavy atom. The standard InChI is InChI=1S/C27H25ClN4O4/c1-15-24(26(33)29-19-14-22(35-3)17(28)13-23(19)36-4)25(16-9-5-8-12-21(16)34-2)31-27-30-18-10-6-7-11-20(18)32(15)27/h5-14,25H,1-4H3,(H,29,33)(H,30,31). The van der Waals surface area contributed by atoms with Crippen molar-refractivity contribution in [2.75, 3.05) is 32.0 Å². The zero-order chi connectivity index (χ0) is 25.4. The third-order valence-electron chi connectivity index (χ3n) is 6.26. The quantitative estimate of drug-likeness (QED) is 0.347. The molecule has 1 amide bonds. The predicted octanol–water partition coefficient (Wildman–Crippen LogP) is 5.75. The van der Waals surface area contributed by atoms with Crippen molar-refractivity contribution < 1.29 is 19.0 Å². The van der Waals surface area contributed by atoms with E-state index in [4.69, 9.17) is 30.8 Å². The Morgan fingerprint density at radius 2 is 1.67 bits per heavy atom. The average Bonchev–Trinajstić information content (AvgIpc) is 3.28. The summed E-state index contributed by atoms with van der Waals surface area (Å²) >= 11 is 6.26. The fourth-order valence-electron chi connectivity index (χ4n) is 4.57. The number of hydrogen-bond acceptors (Lipinski definition) is 6. The van der Waals surface area contributed by atoms with Gasteiger partial charge in [0, 0.05) is 23.4 Å². The number of methoxy groups -OCH3 is 3. The third kappa shape index (κ3) is 3.89. The Kier molecular flexibility index (Phi) is 6.20. The predicted molar refractivity (Wildman–Crippen MR) is 141 cm³/mol. The molecule has 2 N–H and O–H groups in total. The number of benzene rings is 3. The molecule has 0 saturated carbocycles. The first-order chi connectivity index (χ1) is 17.5. The van der Waals surface area contributed by atoms with Gasteiger partial charge < -0.3 is 24.8 Å². The number of para-hydroxylation sites is 3. The van der Waals surface area contributed by atoms with Crippen LogP contribution in [0.2, 0.25) is 5.02 Å². The molecule has 0 fully saturated rings. The lowest BCUT2D eigenvalue weighted by Gasteiger charge is -2.31. The first-order valence-corrected chi connectivity index (χ1v) is 11.7. The SMILES string of the molecule is COc1cc(NC(=O)C2=C(C)n3c(nc4ccccc43)NC2c2ccccc2OC)c(OC)cc1Cl. The largest absolute Gasteiger partial charge is 0.496 e. The molecule has 1 aliphatic rings. The molecule has 1 aromatic heterocycles. The maximum Gasteiger partial charge on any atom is 0.255 e. The van der Waals surface area contributed by atoms with Crippen LogP contribution in [0.1, 0.15) is 18.5 Å². The third-order valence-corrected chi connectivity index (χ3v) is 6.56. The molecule has 5 rings (SSSR count). The maximum atomic E-state index is 14.0. The summed E-state index contributed by atoms with van der Waals surface area (Å²) in [7, 11) is 4.64. The molecule has 0 spiro atoms. The molecule has 2 heterocycles. The molecule has 0 aliphatic carbocycles. The number of imidazole rings is 1. The Labute approximate surface area is 213 Å². The fraction of sp³-hybridized carbons (Fsp3) is 0.185. The van der Waals surface area contributed by atoms with Crippen LogP contribution in [0.5, 0.6) is 17.2 Å². The topological polar surface area (TPSA) is 86.6 Å². The van der Waals surface area contributed by atoms with E-state index < -0.39 is 6.04 Å². The minimum atomic E-state index is -0.523. The van der Waals surface area contributed by atoms with Crippen molar-refractivity contribution >= 4 is 45.9 Å². The fourth-order valence-corrected chi connectivity index (χ4v) is 4.81. The molecular formula is C27H25ClN4O4. The van der Waals surface area contributed by atoms with Crippen LogP contribution in [0.4, 0.5) is 11.6 Å². The highest BCUT2D eigenvalue weighted by Gasteiger charge is 2.34. The summed E-state index contributed by atoms with van der Waals surface area (Å²) in [4.78, 5) is 18.7. The number of hydrogen-bond donors (Lipinski definition) is 2. The number of nitrogens with one attached hydrogen (secondary N) is 2. The summed E-state index contributed by atoms with van der Waals surface area (Å²) in [5.41, 5.74) is 4.21. The molecule has 1 unspecified atom stereocenters. The number of allylic oxidation sites excluding steroid dienone is 1. The van der Waals surface area contributed by atoms with Gasteiger partial charge in [-0.2, -0.15) is 0 Å². The molecule has 184 valence electrons. The zero-order valence-electron chi connectivity index (χ0n) is 20.3. The Hall–Kier alpha value is -4.17. The summed E-state index contributed by atoms with van der Waals surface area (Å²) in [5, 5.41) is 6.84. The van der Waals surface area contributed by atoms with Gasteiger partial charge in [-0.15, -0.1) is 0 Å². The molecule has 8 nitrogen and oxygen atoms in total. The second-order valence-electron chi connectivity index (χ2n) is 8.22. The minimum absolute atomic E-state index is 0.318. The number of carbonyl (C=O) groups is 1. The Balaban J connectivity index is 1.67. The Bertz CT molecular complexity index is 1510. The number of anilines is 2. The van der Waals surface area contributed by atoms with Crippen LogP contribution in [-0.4, -0.2) is 36.8 Å².